The number of benzene rings is 1. The number of aryl methyl sites for hydroxylation is 1. The molecule has 4 aromatic rings. The highest BCUT2D eigenvalue weighted by Crippen LogP contribution is 2.42. The molecule has 6 heterocycles. The molecule has 3 aromatic heterocycles. The summed E-state index contributed by atoms with van der Waals surface area (Å²) >= 11 is 5.86. The van der Waals surface area contributed by atoms with Crippen molar-refractivity contribution in [3.63, 3.8) is 0 Å². The molecule has 244 valence electrons. The van der Waals surface area contributed by atoms with E-state index in [4.69, 9.17) is 31.2 Å². The second kappa shape index (κ2) is 12.7. The summed E-state index contributed by atoms with van der Waals surface area (Å²) in [5.74, 6) is -0.449. The average molecular weight is 666 g/mol. The van der Waals surface area contributed by atoms with Gasteiger partial charge < -0.3 is 9.47 Å². The molecule has 1 aromatic carbocycles. The number of carbonyl (C=O) groups excluding carboxylic acids is 1. The number of fused-ring (bicyclic) bond motifs is 2. The lowest BCUT2D eigenvalue weighted by Crippen LogP contribution is -2.54. The number of nitrogens with zero attached hydrogens (tertiary/aromatic N) is 7. The third-order valence-electron chi connectivity index (χ3n) is 9.25. The predicted octanol–water partition coefficient (Wildman–Crippen LogP) is 5.56. The lowest BCUT2D eigenvalue weighted by Gasteiger charge is -2.44. The standard InChI is InChI=1S/C33H31ClF3N7O3/c1-18-13-42(21-15-46-16-21)7-6-27(18)44-33-23(12-40-44)32(22(10-38)25(41-33)3-5-30(36)37)19-2-4-28-29(8-19)47-17-31(45)43(28)14-26-24(35)9-20(34)11-39-26/h2,4,8-9,11-12,18,21,27,30H,3,5-7,13-17H2,1H3/t18-,27-/m1/s1. The largest absolute Gasteiger partial charge is 0.482 e. The van der Waals surface area contributed by atoms with Crippen LogP contribution in [0.25, 0.3) is 22.2 Å². The molecule has 3 aliphatic heterocycles. The number of halogens is 4. The van der Waals surface area contributed by atoms with Gasteiger partial charge in [-0.05, 0) is 42.5 Å². The number of likely N-dealkylation sites (tertiary alicyclic amines) is 1. The summed E-state index contributed by atoms with van der Waals surface area (Å²) in [5.41, 5.74) is 2.50. The lowest BCUT2D eigenvalue weighted by molar-refractivity contribution is -0.121. The van der Waals surface area contributed by atoms with E-state index in [1.807, 2.05) is 4.68 Å². The monoisotopic (exact) mass is 665 g/mol. The number of amides is 1. The molecule has 3 aliphatic rings. The van der Waals surface area contributed by atoms with Crippen molar-refractivity contribution in [1.82, 2.24) is 24.6 Å². The normalized spacial score (nSPS) is 20.3. The molecule has 0 saturated carbocycles. The van der Waals surface area contributed by atoms with Gasteiger partial charge in [0, 0.05) is 36.7 Å². The smallest absolute Gasteiger partial charge is 0.265 e. The number of piperidine rings is 1. The Kier molecular flexibility index (Phi) is 8.50. The lowest BCUT2D eigenvalue weighted by atomic mass is 9.92. The van der Waals surface area contributed by atoms with Crippen LogP contribution in [0.15, 0.2) is 36.7 Å². The Morgan fingerprint density at radius 1 is 1.19 bits per heavy atom. The number of rotatable bonds is 8. The molecule has 0 unspecified atom stereocenters. The van der Waals surface area contributed by atoms with Crippen LogP contribution in [-0.2, 0) is 22.5 Å². The van der Waals surface area contributed by atoms with Gasteiger partial charge in [-0.1, -0.05) is 24.6 Å². The molecular weight excluding hydrogens is 635 g/mol. The summed E-state index contributed by atoms with van der Waals surface area (Å²) in [6.45, 7) is 4.96. The van der Waals surface area contributed by atoms with Crippen LogP contribution in [0, 0.1) is 23.1 Å². The number of anilines is 1. The Bertz CT molecular complexity index is 1890. The van der Waals surface area contributed by atoms with E-state index in [1.165, 1.54) is 11.1 Å². The summed E-state index contributed by atoms with van der Waals surface area (Å²) in [7, 11) is 0. The van der Waals surface area contributed by atoms with E-state index in [2.05, 4.69) is 22.9 Å². The maximum atomic E-state index is 14.6. The molecule has 0 aliphatic carbocycles. The summed E-state index contributed by atoms with van der Waals surface area (Å²) in [6, 6.07) is 8.89. The number of carbonyl (C=O) groups is 1. The first kappa shape index (κ1) is 31.4. The van der Waals surface area contributed by atoms with E-state index in [0.29, 0.717) is 39.6 Å². The van der Waals surface area contributed by atoms with Gasteiger partial charge in [0.25, 0.3) is 5.91 Å². The van der Waals surface area contributed by atoms with Crippen molar-refractivity contribution >= 4 is 34.2 Å². The second-order valence-electron chi connectivity index (χ2n) is 12.2. The number of alkyl halides is 2. The molecule has 7 rings (SSSR count). The second-order valence-corrected chi connectivity index (χ2v) is 12.7. The van der Waals surface area contributed by atoms with Crippen LogP contribution in [0.2, 0.25) is 5.02 Å². The van der Waals surface area contributed by atoms with E-state index in [1.54, 1.807) is 24.4 Å². The van der Waals surface area contributed by atoms with Gasteiger partial charge >= 0.3 is 0 Å². The van der Waals surface area contributed by atoms with Crippen LogP contribution in [0.1, 0.15) is 42.8 Å². The highest BCUT2D eigenvalue weighted by Gasteiger charge is 2.36. The Balaban J connectivity index is 1.29. The van der Waals surface area contributed by atoms with Crippen molar-refractivity contribution in [3.05, 3.63) is 64.5 Å². The zero-order valence-corrected chi connectivity index (χ0v) is 26.3. The predicted molar refractivity (Wildman–Crippen MR) is 167 cm³/mol. The molecule has 47 heavy (non-hydrogen) atoms. The first-order chi connectivity index (χ1) is 22.7. The van der Waals surface area contributed by atoms with E-state index in [-0.39, 0.29) is 59.4 Å². The molecule has 2 saturated heterocycles. The maximum absolute atomic E-state index is 14.6. The third-order valence-corrected chi connectivity index (χ3v) is 9.46. The van der Waals surface area contributed by atoms with Crippen molar-refractivity contribution in [2.45, 2.75) is 51.2 Å². The van der Waals surface area contributed by atoms with Gasteiger partial charge in [-0.3, -0.25) is 19.6 Å². The minimum atomic E-state index is -2.56. The van der Waals surface area contributed by atoms with Gasteiger partial charge in [0.2, 0.25) is 6.43 Å². The fraction of sp³-hybridized carbons (Fsp3) is 0.424. The molecule has 0 N–H and O–H groups in total. The summed E-state index contributed by atoms with van der Waals surface area (Å²) in [5, 5.41) is 15.9. The molecule has 0 radical (unpaired) electrons. The maximum Gasteiger partial charge on any atom is 0.265 e. The zero-order chi connectivity index (χ0) is 32.8. The molecule has 2 atom stereocenters. The summed E-state index contributed by atoms with van der Waals surface area (Å²) in [6.07, 6.45) is 0.725. The van der Waals surface area contributed by atoms with Crippen molar-refractivity contribution < 1.29 is 27.4 Å². The van der Waals surface area contributed by atoms with Gasteiger partial charge in [-0.25, -0.2) is 22.8 Å². The van der Waals surface area contributed by atoms with Gasteiger partial charge in [-0.2, -0.15) is 10.4 Å². The number of hydrogen-bond donors (Lipinski definition) is 0. The fourth-order valence-electron chi connectivity index (χ4n) is 6.73. The molecule has 10 nitrogen and oxygen atoms in total. The average Bonchev–Trinajstić information content (AvgIpc) is 3.43. The quantitative estimate of drug-likeness (QED) is 0.241. The Morgan fingerprint density at radius 3 is 2.72 bits per heavy atom. The highest BCUT2D eigenvalue weighted by atomic mass is 35.5. The van der Waals surface area contributed by atoms with Gasteiger partial charge in [0.1, 0.15) is 17.6 Å². The van der Waals surface area contributed by atoms with Gasteiger partial charge in [0.15, 0.2) is 12.3 Å². The number of ether oxygens (including phenoxy) is 2. The molecule has 2 fully saturated rings. The first-order valence-corrected chi connectivity index (χ1v) is 15.9. The number of aromatic nitrogens is 4. The van der Waals surface area contributed by atoms with Crippen molar-refractivity contribution in [2.24, 2.45) is 5.92 Å². The van der Waals surface area contributed by atoms with E-state index in [9.17, 15) is 23.2 Å². The fourth-order valence-corrected chi connectivity index (χ4v) is 6.88. The van der Waals surface area contributed by atoms with Crippen LogP contribution in [0.5, 0.6) is 5.75 Å². The molecule has 14 heteroatoms. The van der Waals surface area contributed by atoms with Gasteiger partial charge in [0.05, 0.1) is 65.7 Å². The topological polar surface area (TPSA) is 109 Å². The van der Waals surface area contributed by atoms with E-state index >= 15 is 0 Å². The van der Waals surface area contributed by atoms with E-state index in [0.717, 1.165) is 38.8 Å². The van der Waals surface area contributed by atoms with Crippen molar-refractivity contribution in [3.8, 4) is 22.9 Å². The Labute approximate surface area is 273 Å². The van der Waals surface area contributed by atoms with Crippen LogP contribution >= 0.6 is 11.6 Å². The molecule has 1 amide bonds. The summed E-state index contributed by atoms with van der Waals surface area (Å²) in [4.78, 5) is 25.6. The molecule has 0 spiro atoms. The number of nitriles is 1. The minimum Gasteiger partial charge on any atom is -0.482 e. The highest BCUT2D eigenvalue weighted by molar-refractivity contribution is 6.30. The van der Waals surface area contributed by atoms with Crippen LogP contribution in [0.3, 0.4) is 0 Å². The Hall–Kier alpha value is -4.25. The third kappa shape index (κ3) is 5.90. The molecular formula is C33H31ClF3N7O3. The van der Waals surface area contributed by atoms with Crippen LogP contribution in [-0.4, -0.2) is 75.9 Å². The van der Waals surface area contributed by atoms with E-state index < -0.39 is 18.7 Å². The first-order valence-electron chi connectivity index (χ1n) is 15.5. The van der Waals surface area contributed by atoms with Crippen LogP contribution in [0.4, 0.5) is 18.9 Å². The number of pyridine rings is 2. The van der Waals surface area contributed by atoms with Crippen molar-refractivity contribution in [2.75, 3.05) is 37.8 Å². The summed E-state index contributed by atoms with van der Waals surface area (Å²) < 4.78 is 54.5. The minimum absolute atomic E-state index is 0.0225. The SMILES string of the molecule is C[C@@H]1CN(C2COC2)CC[C@H]1n1ncc2c(-c3ccc4c(c3)OCC(=O)N4Cc3ncc(Cl)cc3F)c(C#N)c(CCC(F)F)nc21. The van der Waals surface area contributed by atoms with Gasteiger partial charge in [-0.15, -0.1) is 0 Å². The zero-order valence-electron chi connectivity index (χ0n) is 25.5. The van der Waals surface area contributed by atoms with Crippen molar-refractivity contribution in [1.29, 1.82) is 5.26 Å². The molecule has 0 bridgehead atoms. The van der Waals surface area contributed by atoms with Crippen LogP contribution < -0.4 is 9.64 Å². The number of hydrogen-bond acceptors (Lipinski definition) is 8. The Morgan fingerprint density at radius 2 is 2.02 bits per heavy atom.